The Balaban J connectivity index is 1.49. The lowest BCUT2D eigenvalue weighted by Gasteiger charge is -2.13. The molecule has 3 aromatic carbocycles. The minimum atomic E-state index is -0.823. The number of ether oxygens (including phenoxy) is 2. The van der Waals surface area contributed by atoms with Crippen LogP contribution in [0.3, 0.4) is 0 Å². The summed E-state index contributed by atoms with van der Waals surface area (Å²) in [6, 6.07) is 17.3. The third-order valence-electron chi connectivity index (χ3n) is 5.42. The van der Waals surface area contributed by atoms with Crippen LogP contribution in [0.1, 0.15) is 34.6 Å². The second kappa shape index (κ2) is 8.11. The highest BCUT2D eigenvalue weighted by Gasteiger charge is 2.26. The third kappa shape index (κ3) is 4.10. The van der Waals surface area contributed by atoms with Gasteiger partial charge in [0, 0.05) is 17.5 Å². The molecule has 4 rings (SSSR count). The van der Waals surface area contributed by atoms with Gasteiger partial charge in [0.05, 0.1) is 13.0 Å². The van der Waals surface area contributed by atoms with Crippen molar-refractivity contribution in [2.75, 3.05) is 6.61 Å². The number of aliphatic carboxylic acids is 1. The van der Waals surface area contributed by atoms with Crippen molar-refractivity contribution < 1.29 is 24.5 Å². The van der Waals surface area contributed by atoms with Gasteiger partial charge in [0.1, 0.15) is 23.9 Å². The van der Waals surface area contributed by atoms with Gasteiger partial charge in [-0.1, -0.05) is 24.3 Å². The Kier molecular flexibility index (Phi) is 5.36. The monoisotopic (exact) mass is 404 g/mol. The molecule has 5 heteroatoms. The highest BCUT2D eigenvalue weighted by Crippen LogP contribution is 2.38. The van der Waals surface area contributed by atoms with Crippen molar-refractivity contribution in [3.8, 4) is 28.4 Å². The third-order valence-corrected chi connectivity index (χ3v) is 5.42. The number of hydrogen-bond donors (Lipinski definition) is 2. The van der Waals surface area contributed by atoms with Crippen molar-refractivity contribution in [3.63, 3.8) is 0 Å². The smallest absolute Gasteiger partial charge is 0.304 e. The largest absolute Gasteiger partial charge is 0.508 e. The standard InChI is InChI=1S/C25H24O5/c1-15-8-20(26)9-16(2)25(15)18-5-3-4-17(10-18)13-29-21-6-7-22-19(11-24(27)28)14-30-23(22)12-21/h3-10,12,19,26H,11,13-14H2,1-2H3,(H,27,28)/t19-/m1/s1. The molecule has 0 spiro atoms. The Hall–Kier alpha value is -3.47. The first-order valence-electron chi connectivity index (χ1n) is 9.91. The Morgan fingerprint density at radius 3 is 2.60 bits per heavy atom. The number of phenolic OH excluding ortho intramolecular Hbond substituents is 1. The Labute approximate surface area is 175 Å². The van der Waals surface area contributed by atoms with E-state index in [1.165, 1.54) is 0 Å². The van der Waals surface area contributed by atoms with Gasteiger partial charge >= 0.3 is 5.97 Å². The molecule has 3 aromatic rings. The Morgan fingerprint density at radius 1 is 1.10 bits per heavy atom. The van der Waals surface area contributed by atoms with Gasteiger partial charge in [-0.05, 0) is 65.9 Å². The van der Waals surface area contributed by atoms with Crippen LogP contribution in [0.15, 0.2) is 54.6 Å². The molecule has 0 bridgehead atoms. The number of rotatable bonds is 6. The number of hydrogen-bond acceptors (Lipinski definition) is 4. The lowest BCUT2D eigenvalue weighted by atomic mass is 9.94. The number of carboxylic acid groups (broad SMARTS) is 1. The summed E-state index contributed by atoms with van der Waals surface area (Å²) in [6.07, 6.45) is 0.0656. The van der Waals surface area contributed by atoms with E-state index in [0.717, 1.165) is 33.4 Å². The summed E-state index contributed by atoms with van der Waals surface area (Å²) in [4.78, 5) is 11.0. The molecule has 0 unspecified atom stereocenters. The summed E-state index contributed by atoms with van der Waals surface area (Å²) in [5.74, 6) is 0.725. The first-order chi connectivity index (χ1) is 14.4. The zero-order chi connectivity index (χ0) is 21.3. The van der Waals surface area contributed by atoms with Gasteiger partial charge in [-0.2, -0.15) is 0 Å². The topological polar surface area (TPSA) is 76.0 Å². The van der Waals surface area contributed by atoms with E-state index in [-0.39, 0.29) is 18.1 Å². The molecule has 0 aromatic heterocycles. The van der Waals surface area contributed by atoms with E-state index in [1.54, 1.807) is 12.1 Å². The summed E-state index contributed by atoms with van der Waals surface area (Å²) >= 11 is 0. The summed E-state index contributed by atoms with van der Waals surface area (Å²) in [5.41, 5.74) is 6.20. The molecule has 5 nitrogen and oxygen atoms in total. The van der Waals surface area contributed by atoms with Crippen LogP contribution >= 0.6 is 0 Å². The molecule has 154 valence electrons. The predicted molar refractivity (Wildman–Crippen MR) is 114 cm³/mol. The van der Waals surface area contributed by atoms with Gasteiger partial charge in [-0.3, -0.25) is 4.79 Å². The molecule has 0 saturated heterocycles. The summed E-state index contributed by atoms with van der Waals surface area (Å²) in [7, 11) is 0. The van der Waals surface area contributed by atoms with E-state index in [0.29, 0.717) is 24.7 Å². The quantitative estimate of drug-likeness (QED) is 0.590. The fourth-order valence-corrected chi connectivity index (χ4v) is 4.11. The van der Waals surface area contributed by atoms with E-state index in [2.05, 4.69) is 12.1 Å². The van der Waals surface area contributed by atoms with Crippen molar-refractivity contribution in [1.82, 2.24) is 0 Å². The molecule has 0 amide bonds. The first-order valence-corrected chi connectivity index (χ1v) is 9.91. The summed E-state index contributed by atoms with van der Waals surface area (Å²) in [6.45, 7) is 4.78. The fourth-order valence-electron chi connectivity index (χ4n) is 4.11. The highest BCUT2D eigenvalue weighted by molar-refractivity contribution is 5.72. The molecule has 1 aliphatic rings. The lowest BCUT2D eigenvalue weighted by Crippen LogP contribution is -2.07. The maximum Gasteiger partial charge on any atom is 0.304 e. The number of aromatic hydroxyl groups is 1. The lowest BCUT2D eigenvalue weighted by molar-refractivity contribution is -0.137. The molecule has 1 atom stereocenters. The van der Waals surface area contributed by atoms with Crippen LogP contribution < -0.4 is 9.47 Å². The van der Waals surface area contributed by atoms with Crippen LogP contribution in [-0.4, -0.2) is 22.8 Å². The summed E-state index contributed by atoms with van der Waals surface area (Å²) < 4.78 is 11.6. The number of benzene rings is 3. The van der Waals surface area contributed by atoms with Crippen LogP contribution in [0.2, 0.25) is 0 Å². The maximum absolute atomic E-state index is 11.0. The van der Waals surface area contributed by atoms with Gasteiger partial charge in [0.15, 0.2) is 0 Å². The van der Waals surface area contributed by atoms with E-state index in [9.17, 15) is 9.90 Å². The SMILES string of the molecule is Cc1cc(O)cc(C)c1-c1cccc(COc2ccc3c(c2)OC[C@H]3CC(=O)O)c1. The Bertz CT molecular complexity index is 1080. The highest BCUT2D eigenvalue weighted by atomic mass is 16.5. The molecule has 0 fully saturated rings. The van der Waals surface area contributed by atoms with E-state index >= 15 is 0 Å². The minimum Gasteiger partial charge on any atom is -0.508 e. The van der Waals surface area contributed by atoms with Crippen LogP contribution in [0.25, 0.3) is 11.1 Å². The molecule has 2 N–H and O–H groups in total. The average Bonchev–Trinajstić information content (AvgIpc) is 3.07. The van der Waals surface area contributed by atoms with Gasteiger partial charge < -0.3 is 19.7 Å². The molecule has 0 saturated carbocycles. The second-order valence-electron chi connectivity index (χ2n) is 7.75. The van der Waals surface area contributed by atoms with Crippen molar-refractivity contribution in [2.24, 2.45) is 0 Å². The molecular weight excluding hydrogens is 380 g/mol. The molecule has 0 aliphatic carbocycles. The zero-order valence-corrected chi connectivity index (χ0v) is 17.0. The second-order valence-corrected chi connectivity index (χ2v) is 7.75. The molecular formula is C25H24O5. The van der Waals surface area contributed by atoms with Crippen LogP contribution in [0, 0.1) is 13.8 Å². The normalized spacial score (nSPS) is 14.8. The molecule has 30 heavy (non-hydrogen) atoms. The van der Waals surface area contributed by atoms with Gasteiger partial charge in [0.2, 0.25) is 0 Å². The number of phenols is 1. The molecule has 1 aliphatic heterocycles. The van der Waals surface area contributed by atoms with Crippen molar-refractivity contribution in [2.45, 2.75) is 32.8 Å². The zero-order valence-electron chi connectivity index (χ0n) is 17.0. The van der Waals surface area contributed by atoms with Crippen LogP contribution in [0.4, 0.5) is 0 Å². The Morgan fingerprint density at radius 2 is 1.87 bits per heavy atom. The van der Waals surface area contributed by atoms with Crippen LogP contribution in [0.5, 0.6) is 17.2 Å². The van der Waals surface area contributed by atoms with E-state index in [1.807, 2.05) is 44.2 Å². The fraction of sp³-hybridized carbons (Fsp3) is 0.240. The number of carbonyl (C=O) groups is 1. The average molecular weight is 404 g/mol. The molecule has 0 radical (unpaired) electrons. The van der Waals surface area contributed by atoms with Gasteiger partial charge in [-0.25, -0.2) is 0 Å². The van der Waals surface area contributed by atoms with E-state index in [4.69, 9.17) is 14.6 Å². The molecule has 1 heterocycles. The number of carboxylic acids is 1. The minimum absolute atomic E-state index is 0.0656. The maximum atomic E-state index is 11.0. The van der Waals surface area contributed by atoms with Crippen molar-refractivity contribution in [1.29, 1.82) is 0 Å². The van der Waals surface area contributed by atoms with Gasteiger partial charge in [0.25, 0.3) is 0 Å². The number of fused-ring (bicyclic) bond motifs is 1. The predicted octanol–water partition coefficient (Wildman–Crippen LogP) is 5.21. The van der Waals surface area contributed by atoms with Crippen molar-refractivity contribution >= 4 is 5.97 Å². The van der Waals surface area contributed by atoms with E-state index < -0.39 is 5.97 Å². The van der Waals surface area contributed by atoms with Gasteiger partial charge in [-0.15, -0.1) is 0 Å². The number of aryl methyl sites for hydroxylation is 2. The van der Waals surface area contributed by atoms with Crippen LogP contribution in [-0.2, 0) is 11.4 Å². The van der Waals surface area contributed by atoms with Crippen molar-refractivity contribution in [3.05, 3.63) is 76.9 Å². The summed E-state index contributed by atoms with van der Waals surface area (Å²) in [5, 5.41) is 18.8. The first kappa shape index (κ1) is 19.8.